The molecule has 2 bridgehead atoms. The van der Waals surface area contributed by atoms with Gasteiger partial charge in [-0.3, -0.25) is 14.5 Å². The number of amides is 2. The van der Waals surface area contributed by atoms with Crippen LogP contribution in [-0.4, -0.2) is 27.9 Å². The summed E-state index contributed by atoms with van der Waals surface area (Å²) >= 11 is 0. The Bertz CT molecular complexity index is 662. The first-order valence-electron chi connectivity index (χ1n) is 7.70. The second kappa shape index (κ2) is 4.07. The number of fused-ring (bicyclic) bond motifs is 5. The number of benzene rings is 1. The summed E-state index contributed by atoms with van der Waals surface area (Å²) in [6.45, 7) is 5.72. The fourth-order valence-corrected chi connectivity index (χ4v) is 4.32. The van der Waals surface area contributed by atoms with Crippen LogP contribution in [-0.2, 0) is 14.3 Å². The van der Waals surface area contributed by atoms with Crippen LogP contribution < -0.4 is 0 Å². The van der Waals surface area contributed by atoms with Crippen LogP contribution in [0.3, 0.4) is 0 Å². The molecule has 0 aromatic heterocycles. The number of likely N-dealkylation sites (tertiary alicyclic amines) is 1. The molecule has 1 aromatic carbocycles. The van der Waals surface area contributed by atoms with E-state index >= 15 is 0 Å². The van der Waals surface area contributed by atoms with Crippen molar-refractivity contribution in [2.75, 3.05) is 0 Å². The third kappa shape index (κ3) is 1.51. The van der Waals surface area contributed by atoms with Crippen molar-refractivity contribution in [2.24, 2.45) is 11.8 Å². The fraction of sp³-hybridized carbons (Fsp3) is 0.444. The van der Waals surface area contributed by atoms with E-state index in [2.05, 4.69) is 0 Å². The fourth-order valence-electron chi connectivity index (χ4n) is 4.32. The maximum atomic E-state index is 12.9. The van der Waals surface area contributed by atoms with E-state index < -0.39 is 23.0 Å². The van der Waals surface area contributed by atoms with Crippen molar-refractivity contribution in [2.45, 2.75) is 38.0 Å². The Labute approximate surface area is 129 Å². The van der Waals surface area contributed by atoms with E-state index in [1.807, 2.05) is 63.3 Å². The minimum atomic E-state index is -0.655. The molecule has 0 unspecified atom stereocenters. The van der Waals surface area contributed by atoms with Gasteiger partial charge in [0, 0.05) is 0 Å². The van der Waals surface area contributed by atoms with E-state index in [0.29, 0.717) is 0 Å². The van der Waals surface area contributed by atoms with E-state index in [-0.39, 0.29) is 17.9 Å². The Morgan fingerprint density at radius 2 is 1.50 bits per heavy atom. The zero-order chi connectivity index (χ0) is 15.7. The van der Waals surface area contributed by atoms with Crippen molar-refractivity contribution < 1.29 is 14.3 Å². The molecule has 4 rings (SSSR count). The molecule has 0 spiro atoms. The maximum absolute atomic E-state index is 12.9. The number of hydrogen-bond acceptors (Lipinski definition) is 3. The summed E-state index contributed by atoms with van der Waals surface area (Å²) in [5.41, 5.74) is -0.338. The lowest BCUT2D eigenvalue weighted by Crippen LogP contribution is -2.40. The number of rotatable bonds is 2. The van der Waals surface area contributed by atoms with Crippen molar-refractivity contribution in [1.29, 1.82) is 0 Å². The van der Waals surface area contributed by atoms with Crippen LogP contribution in [0.25, 0.3) is 0 Å². The molecule has 114 valence electrons. The second-order valence-corrected chi connectivity index (χ2v) is 6.89. The predicted molar refractivity (Wildman–Crippen MR) is 80.7 cm³/mol. The number of imide groups is 1. The van der Waals surface area contributed by atoms with Gasteiger partial charge < -0.3 is 4.74 Å². The van der Waals surface area contributed by atoms with E-state index in [4.69, 9.17) is 4.74 Å². The first kappa shape index (κ1) is 13.7. The van der Waals surface area contributed by atoms with Crippen molar-refractivity contribution in [3.63, 3.8) is 0 Å². The normalized spacial score (nSPS) is 40.4. The molecular weight excluding hydrogens is 278 g/mol. The number of carbonyl (C=O) groups excluding carboxylic acids is 2. The van der Waals surface area contributed by atoms with Crippen LogP contribution in [0.15, 0.2) is 42.5 Å². The van der Waals surface area contributed by atoms with Gasteiger partial charge in [-0.05, 0) is 26.3 Å². The van der Waals surface area contributed by atoms with Crippen LogP contribution in [0, 0.1) is 11.8 Å². The summed E-state index contributed by atoms with van der Waals surface area (Å²) < 4.78 is 6.01. The highest BCUT2D eigenvalue weighted by molar-refractivity contribution is 6.08. The molecule has 2 fully saturated rings. The molecule has 4 heteroatoms. The summed E-state index contributed by atoms with van der Waals surface area (Å²) in [5.74, 6) is -1.02. The summed E-state index contributed by atoms with van der Waals surface area (Å²) in [7, 11) is 0. The number of carbonyl (C=O) groups is 2. The molecule has 0 aliphatic carbocycles. The molecular formula is C18H19NO3. The van der Waals surface area contributed by atoms with Crippen LogP contribution in [0.4, 0.5) is 0 Å². The van der Waals surface area contributed by atoms with E-state index in [1.54, 1.807) is 0 Å². The zero-order valence-corrected chi connectivity index (χ0v) is 12.9. The number of hydrogen-bond donors (Lipinski definition) is 0. The van der Waals surface area contributed by atoms with E-state index in [0.717, 1.165) is 5.56 Å². The smallest absolute Gasteiger partial charge is 0.237 e. The molecule has 0 N–H and O–H groups in total. The van der Waals surface area contributed by atoms with Crippen molar-refractivity contribution in [3.05, 3.63) is 48.0 Å². The molecule has 0 radical (unpaired) electrons. The highest BCUT2D eigenvalue weighted by Crippen LogP contribution is 2.57. The lowest BCUT2D eigenvalue weighted by atomic mass is 9.73. The molecule has 1 aromatic rings. The quantitative estimate of drug-likeness (QED) is 0.622. The van der Waals surface area contributed by atoms with Crippen molar-refractivity contribution >= 4 is 11.8 Å². The molecule has 22 heavy (non-hydrogen) atoms. The van der Waals surface area contributed by atoms with E-state index in [9.17, 15) is 9.59 Å². The minimum Gasteiger partial charge on any atom is -0.359 e. The Hall–Kier alpha value is -1.94. The average Bonchev–Trinajstić information content (AvgIpc) is 3.04. The standard InChI is InChI=1S/C18H19NO3/c1-11(12-7-5-4-6-8-12)19-15(20)13-14(16(19)21)18(3)10-9-17(13,2)22-18/h4-11,13-14H,1-3H3/t11-,13-,14+,17+,18+/m0/s1. The first-order chi connectivity index (χ1) is 10.4. The van der Waals surface area contributed by atoms with Crippen LogP contribution in [0.1, 0.15) is 32.4 Å². The Morgan fingerprint density at radius 3 is 2.00 bits per heavy atom. The van der Waals surface area contributed by atoms with Gasteiger partial charge in [-0.15, -0.1) is 0 Å². The highest BCUT2D eigenvalue weighted by Gasteiger charge is 2.70. The van der Waals surface area contributed by atoms with Gasteiger partial charge >= 0.3 is 0 Å². The molecule has 2 amide bonds. The summed E-state index contributed by atoms with van der Waals surface area (Å²) in [6.07, 6.45) is 3.88. The molecule has 5 atom stereocenters. The van der Waals surface area contributed by atoms with Crippen LogP contribution in [0.5, 0.6) is 0 Å². The molecule has 0 saturated carbocycles. The van der Waals surface area contributed by atoms with Crippen molar-refractivity contribution in [1.82, 2.24) is 4.90 Å². The molecule has 4 nitrogen and oxygen atoms in total. The monoisotopic (exact) mass is 297 g/mol. The lowest BCUT2D eigenvalue weighted by molar-refractivity contribution is -0.148. The Balaban J connectivity index is 1.74. The lowest BCUT2D eigenvalue weighted by Gasteiger charge is -2.29. The molecule has 2 saturated heterocycles. The minimum absolute atomic E-state index is 0.109. The SMILES string of the molecule is C[C@@H](c1ccccc1)N1C(=O)[C@@H]2[C@H](C1=O)[C@@]1(C)C=C[C@@]2(C)O1. The summed E-state index contributed by atoms with van der Waals surface area (Å²) in [6, 6.07) is 9.43. The van der Waals surface area contributed by atoms with Gasteiger partial charge in [-0.25, -0.2) is 0 Å². The van der Waals surface area contributed by atoms with Crippen LogP contribution >= 0.6 is 0 Å². The summed E-state index contributed by atoms with van der Waals surface area (Å²) in [4.78, 5) is 27.3. The van der Waals surface area contributed by atoms with Gasteiger partial charge in [-0.2, -0.15) is 0 Å². The van der Waals surface area contributed by atoms with Gasteiger partial charge in [0.15, 0.2) is 0 Å². The van der Waals surface area contributed by atoms with Gasteiger partial charge in [0.25, 0.3) is 0 Å². The first-order valence-corrected chi connectivity index (χ1v) is 7.70. The molecule has 3 aliphatic rings. The highest BCUT2D eigenvalue weighted by atomic mass is 16.5. The Kier molecular flexibility index (Phi) is 2.54. The summed E-state index contributed by atoms with van der Waals surface area (Å²) in [5, 5.41) is 0. The number of nitrogens with zero attached hydrogens (tertiary/aromatic N) is 1. The zero-order valence-electron chi connectivity index (χ0n) is 12.9. The van der Waals surface area contributed by atoms with Gasteiger partial charge in [-0.1, -0.05) is 42.5 Å². The Morgan fingerprint density at radius 1 is 1.00 bits per heavy atom. The topological polar surface area (TPSA) is 46.6 Å². The molecule has 3 aliphatic heterocycles. The number of ether oxygens (including phenoxy) is 1. The molecule has 3 heterocycles. The van der Waals surface area contributed by atoms with Gasteiger partial charge in [0.2, 0.25) is 11.8 Å². The maximum Gasteiger partial charge on any atom is 0.237 e. The largest absolute Gasteiger partial charge is 0.359 e. The van der Waals surface area contributed by atoms with Gasteiger partial charge in [0.05, 0.1) is 29.1 Å². The van der Waals surface area contributed by atoms with Gasteiger partial charge in [0.1, 0.15) is 0 Å². The predicted octanol–water partition coefficient (Wildman–Crippen LogP) is 2.47. The average molecular weight is 297 g/mol. The third-order valence-electron chi connectivity index (χ3n) is 5.43. The third-order valence-corrected chi connectivity index (χ3v) is 5.43. The van der Waals surface area contributed by atoms with Crippen LogP contribution in [0.2, 0.25) is 0 Å². The van der Waals surface area contributed by atoms with E-state index in [1.165, 1.54) is 4.90 Å². The van der Waals surface area contributed by atoms with Crippen molar-refractivity contribution in [3.8, 4) is 0 Å². The second-order valence-electron chi connectivity index (χ2n) is 6.89.